The Kier molecular flexibility index (Phi) is 2.31. The number of nitrogens with zero attached hydrogens (tertiary/aromatic N) is 2. The topological polar surface area (TPSA) is 34.9 Å². The first-order chi connectivity index (χ1) is 7.13. The molecule has 0 saturated heterocycles. The van der Waals surface area contributed by atoms with E-state index < -0.39 is 0 Å². The average molecular weight is 202 g/mol. The van der Waals surface area contributed by atoms with Crippen molar-refractivity contribution >= 4 is 16.7 Å². The number of Topliss-reactive ketones (excluding diaryl/α,β-unsaturated/α-hetero) is 1. The molecule has 3 nitrogen and oxygen atoms in total. The highest BCUT2D eigenvalue weighted by Crippen LogP contribution is 2.19. The van der Waals surface area contributed by atoms with Crippen molar-refractivity contribution in [3.8, 4) is 0 Å². The van der Waals surface area contributed by atoms with E-state index in [1.807, 2.05) is 36.7 Å². The Hall–Kier alpha value is -1.64. The minimum atomic E-state index is 0.0957. The summed E-state index contributed by atoms with van der Waals surface area (Å²) in [5.74, 6) is 0.0957. The number of rotatable bonds is 2. The third-order valence-electron chi connectivity index (χ3n) is 2.64. The van der Waals surface area contributed by atoms with Gasteiger partial charge in [0, 0.05) is 17.5 Å². The molecule has 0 atom stereocenters. The fourth-order valence-corrected chi connectivity index (χ4v) is 1.80. The molecule has 0 saturated carbocycles. The lowest BCUT2D eigenvalue weighted by molar-refractivity contribution is 0.101. The molecule has 2 aromatic rings. The van der Waals surface area contributed by atoms with Crippen LogP contribution in [-0.2, 0) is 6.54 Å². The van der Waals surface area contributed by atoms with E-state index in [0.717, 1.165) is 28.7 Å². The molecule has 78 valence electrons. The Morgan fingerprint density at radius 3 is 2.80 bits per heavy atom. The van der Waals surface area contributed by atoms with Gasteiger partial charge in [0.15, 0.2) is 5.78 Å². The number of aromatic nitrogens is 2. The van der Waals surface area contributed by atoms with Crippen LogP contribution in [0.4, 0.5) is 0 Å². The van der Waals surface area contributed by atoms with Crippen LogP contribution in [0.5, 0.6) is 0 Å². The van der Waals surface area contributed by atoms with Crippen molar-refractivity contribution < 1.29 is 4.79 Å². The van der Waals surface area contributed by atoms with Gasteiger partial charge >= 0.3 is 0 Å². The maximum Gasteiger partial charge on any atom is 0.159 e. The Bertz CT molecular complexity index is 526. The highest BCUT2D eigenvalue weighted by atomic mass is 16.1. The summed E-state index contributed by atoms with van der Waals surface area (Å²) in [6.07, 6.45) is 0. The number of fused-ring (bicyclic) bond motifs is 1. The zero-order valence-electron chi connectivity index (χ0n) is 9.24. The number of hydrogen-bond donors (Lipinski definition) is 0. The van der Waals surface area contributed by atoms with Gasteiger partial charge in [0.05, 0.1) is 11.2 Å². The van der Waals surface area contributed by atoms with E-state index in [2.05, 4.69) is 5.10 Å². The minimum absolute atomic E-state index is 0.0957. The minimum Gasteiger partial charge on any atom is -0.295 e. The molecule has 0 unspecified atom stereocenters. The lowest BCUT2D eigenvalue weighted by atomic mass is 10.1. The first kappa shape index (κ1) is 9.90. The van der Waals surface area contributed by atoms with Crippen molar-refractivity contribution in [1.29, 1.82) is 0 Å². The Morgan fingerprint density at radius 2 is 2.20 bits per heavy atom. The molecule has 1 aromatic carbocycles. The number of carbonyl (C=O) groups is 1. The molecule has 0 amide bonds. The van der Waals surface area contributed by atoms with Gasteiger partial charge in [-0.2, -0.15) is 5.10 Å². The first-order valence-corrected chi connectivity index (χ1v) is 5.11. The van der Waals surface area contributed by atoms with E-state index >= 15 is 0 Å². The van der Waals surface area contributed by atoms with Crippen molar-refractivity contribution in [2.75, 3.05) is 0 Å². The van der Waals surface area contributed by atoms with E-state index in [9.17, 15) is 4.79 Å². The molecular weight excluding hydrogens is 188 g/mol. The molecule has 0 N–H and O–H groups in total. The molecular formula is C12H14N2O. The maximum absolute atomic E-state index is 11.3. The summed E-state index contributed by atoms with van der Waals surface area (Å²) < 4.78 is 1.93. The van der Waals surface area contributed by atoms with E-state index in [0.29, 0.717) is 0 Å². The summed E-state index contributed by atoms with van der Waals surface area (Å²) in [5.41, 5.74) is 2.81. The second-order valence-corrected chi connectivity index (χ2v) is 3.69. The second-order valence-electron chi connectivity index (χ2n) is 3.69. The molecule has 1 aromatic heterocycles. The Balaban J connectivity index is 2.73. The van der Waals surface area contributed by atoms with Crippen LogP contribution >= 0.6 is 0 Å². The zero-order chi connectivity index (χ0) is 11.0. The third kappa shape index (κ3) is 1.54. The lowest BCUT2D eigenvalue weighted by Crippen LogP contribution is -1.97. The van der Waals surface area contributed by atoms with Crippen LogP contribution in [-0.4, -0.2) is 15.6 Å². The van der Waals surface area contributed by atoms with Gasteiger partial charge in [-0.1, -0.05) is 12.1 Å². The Morgan fingerprint density at radius 1 is 1.47 bits per heavy atom. The van der Waals surface area contributed by atoms with Crippen molar-refractivity contribution in [3.63, 3.8) is 0 Å². The molecule has 3 heteroatoms. The smallest absolute Gasteiger partial charge is 0.159 e. The van der Waals surface area contributed by atoms with Gasteiger partial charge < -0.3 is 0 Å². The highest BCUT2D eigenvalue weighted by Gasteiger charge is 2.08. The summed E-state index contributed by atoms with van der Waals surface area (Å²) in [5, 5.41) is 5.54. The fraction of sp³-hybridized carbons (Fsp3) is 0.333. The largest absolute Gasteiger partial charge is 0.295 e. The molecule has 0 radical (unpaired) electrons. The van der Waals surface area contributed by atoms with Crippen LogP contribution < -0.4 is 0 Å². The van der Waals surface area contributed by atoms with Gasteiger partial charge in [0.25, 0.3) is 0 Å². The number of benzene rings is 1. The van der Waals surface area contributed by atoms with Gasteiger partial charge in [-0.25, -0.2) is 0 Å². The number of ketones is 1. The van der Waals surface area contributed by atoms with Crippen molar-refractivity contribution in [1.82, 2.24) is 9.78 Å². The number of aryl methyl sites for hydroxylation is 2. The summed E-state index contributed by atoms with van der Waals surface area (Å²) in [6.45, 7) is 6.45. The zero-order valence-corrected chi connectivity index (χ0v) is 9.24. The molecule has 1 heterocycles. The van der Waals surface area contributed by atoms with E-state index in [1.54, 1.807) is 6.92 Å². The summed E-state index contributed by atoms with van der Waals surface area (Å²) in [7, 11) is 0. The van der Waals surface area contributed by atoms with Crippen molar-refractivity contribution in [2.45, 2.75) is 27.3 Å². The van der Waals surface area contributed by atoms with Crippen LogP contribution in [0.25, 0.3) is 10.9 Å². The number of carbonyl (C=O) groups excluding carboxylic acids is 1. The van der Waals surface area contributed by atoms with E-state index in [4.69, 9.17) is 0 Å². The standard InChI is InChI=1S/C12H14N2O/c1-4-14-12-7-10(9(3)15)5-6-11(12)8(2)13-14/h5-7H,4H2,1-3H3. The third-order valence-corrected chi connectivity index (χ3v) is 2.64. The molecule has 0 bridgehead atoms. The molecule has 15 heavy (non-hydrogen) atoms. The lowest BCUT2D eigenvalue weighted by Gasteiger charge is -1.99. The van der Waals surface area contributed by atoms with Gasteiger partial charge in [0.1, 0.15) is 0 Å². The monoisotopic (exact) mass is 202 g/mol. The molecule has 0 aliphatic rings. The van der Waals surface area contributed by atoms with E-state index in [1.165, 1.54) is 0 Å². The fourth-order valence-electron chi connectivity index (χ4n) is 1.80. The average Bonchev–Trinajstić information content (AvgIpc) is 2.55. The van der Waals surface area contributed by atoms with Crippen molar-refractivity contribution in [2.24, 2.45) is 0 Å². The van der Waals surface area contributed by atoms with Crippen molar-refractivity contribution in [3.05, 3.63) is 29.5 Å². The van der Waals surface area contributed by atoms with Gasteiger partial charge in [-0.05, 0) is 26.8 Å². The molecule has 0 aliphatic carbocycles. The number of hydrogen-bond acceptors (Lipinski definition) is 2. The van der Waals surface area contributed by atoms with Crippen LogP contribution in [0.1, 0.15) is 29.9 Å². The first-order valence-electron chi connectivity index (χ1n) is 5.11. The highest BCUT2D eigenvalue weighted by molar-refractivity contribution is 5.98. The van der Waals surface area contributed by atoms with Gasteiger partial charge in [0.2, 0.25) is 0 Å². The van der Waals surface area contributed by atoms with Crippen LogP contribution in [0.15, 0.2) is 18.2 Å². The Labute approximate surface area is 88.7 Å². The maximum atomic E-state index is 11.3. The van der Waals surface area contributed by atoms with Gasteiger partial charge in [-0.15, -0.1) is 0 Å². The van der Waals surface area contributed by atoms with Crippen LogP contribution in [0.2, 0.25) is 0 Å². The molecule has 0 spiro atoms. The predicted molar refractivity (Wildman–Crippen MR) is 60.1 cm³/mol. The summed E-state index contributed by atoms with van der Waals surface area (Å²) in [6, 6.07) is 5.75. The second kappa shape index (κ2) is 3.50. The molecule has 0 fully saturated rings. The normalized spacial score (nSPS) is 10.9. The SMILES string of the molecule is CCn1nc(C)c2ccc(C(C)=O)cc21. The molecule has 0 aliphatic heterocycles. The van der Waals surface area contributed by atoms with Gasteiger partial charge in [-0.3, -0.25) is 9.48 Å². The molecule has 2 rings (SSSR count). The summed E-state index contributed by atoms with van der Waals surface area (Å²) >= 11 is 0. The van der Waals surface area contributed by atoms with E-state index in [-0.39, 0.29) is 5.78 Å². The predicted octanol–water partition coefficient (Wildman–Crippen LogP) is 2.57. The summed E-state index contributed by atoms with van der Waals surface area (Å²) in [4.78, 5) is 11.3. The quantitative estimate of drug-likeness (QED) is 0.701. The van der Waals surface area contributed by atoms with Crippen LogP contribution in [0, 0.1) is 6.92 Å². The van der Waals surface area contributed by atoms with Crippen LogP contribution in [0.3, 0.4) is 0 Å².